The molecule has 1 aliphatic heterocycles. The summed E-state index contributed by atoms with van der Waals surface area (Å²) in [6.07, 6.45) is 17.4. The molecule has 1 heterocycles. The van der Waals surface area contributed by atoms with Crippen LogP contribution >= 0.6 is 0 Å². The first-order valence-electron chi connectivity index (χ1n) is 11.7. The topological polar surface area (TPSA) is 18.5 Å². The summed E-state index contributed by atoms with van der Waals surface area (Å²) in [5.41, 5.74) is -0.310. The maximum atomic E-state index is 15.1. The molecule has 0 aliphatic carbocycles. The van der Waals surface area contributed by atoms with Crippen molar-refractivity contribution >= 4 is 7.12 Å². The lowest BCUT2D eigenvalue weighted by molar-refractivity contribution is 0.00578. The van der Waals surface area contributed by atoms with E-state index in [0.29, 0.717) is 11.9 Å². The Balaban J connectivity index is 2.63. The first kappa shape index (κ1) is 25.4. The van der Waals surface area contributed by atoms with E-state index in [2.05, 4.69) is 19.9 Å². The Morgan fingerprint density at radius 2 is 1.29 bits per heavy atom. The summed E-state index contributed by atoms with van der Waals surface area (Å²) in [5.74, 6) is -0.0720. The second kappa shape index (κ2) is 12.9. The van der Waals surface area contributed by atoms with E-state index in [-0.39, 0.29) is 5.83 Å². The van der Waals surface area contributed by atoms with Crippen molar-refractivity contribution in [1.29, 1.82) is 0 Å². The van der Waals surface area contributed by atoms with Gasteiger partial charge in [-0.1, -0.05) is 83.8 Å². The molecule has 0 radical (unpaired) electrons. The van der Waals surface area contributed by atoms with Crippen molar-refractivity contribution in [2.45, 2.75) is 130 Å². The molecule has 0 spiro atoms. The molecule has 0 aromatic heterocycles. The smallest absolute Gasteiger partial charge is 0.399 e. The molecule has 2 nitrogen and oxygen atoms in total. The predicted molar refractivity (Wildman–Crippen MR) is 120 cm³/mol. The van der Waals surface area contributed by atoms with E-state index in [4.69, 9.17) is 9.31 Å². The van der Waals surface area contributed by atoms with Crippen LogP contribution in [-0.4, -0.2) is 18.3 Å². The van der Waals surface area contributed by atoms with Crippen LogP contribution in [0.25, 0.3) is 0 Å². The molecule has 1 fully saturated rings. The van der Waals surface area contributed by atoms with E-state index in [9.17, 15) is 0 Å². The van der Waals surface area contributed by atoms with Crippen molar-refractivity contribution in [1.82, 2.24) is 0 Å². The van der Waals surface area contributed by atoms with Crippen LogP contribution in [0.4, 0.5) is 4.39 Å². The second-order valence-corrected chi connectivity index (χ2v) is 9.22. The van der Waals surface area contributed by atoms with Gasteiger partial charge in [0.05, 0.1) is 17.0 Å². The molecule has 28 heavy (non-hydrogen) atoms. The van der Waals surface area contributed by atoms with Crippen molar-refractivity contribution in [2.24, 2.45) is 0 Å². The van der Waals surface area contributed by atoms with E-state index >= 15 is 4.39 Å². The highest BCUT2D eigenvalue weighted by Gasteiger charge is 2.52. The fraction of sp³-hybridized carbons (Fsp3) is 0.833. The Morgan fingerprint density at radius 3 is 1.82 bits per heavy atom. The maximum Gasteiger partial charge on any atom is 0.497 e. The number of halogens is 1. The van der Waals surface area contributed by atoms with Gasteiger partial charge in [-0.25, -0.2) is 4.39 Å². The Hall–Kier alpha value is -0.605. The molecule has 4 heteroatoms. The van der Waals surface area contributed by atoms with Crippen molar-refractivity contribution in [3.8, 4) is 0 Å². The largest absolute Gasteiger partial charge is 0.497 e. The van der Waals surface area contributed by atoms with E-state index in [0.717, 1.165) is 32.1 Å². The third-order valence-electron chi connectivity index (χ3n) is 6.09. The maximum absolute atomic E-state index is 15.1. The minimum Gasteiger partial charge on any atom is -0.399 e. The molecule has 0 aromatic rings. The highest BCUT2D eigenvalue weighted by molar-refractivity contribution is 6.55. The van der Waals surface area contributed by atoms with Crippen LogP contribution in [0.3, 0.4) is 0 Å². The van der Waals surface area contributed by atoms with E-state index in [1.165, 1.54) is 38.5 Å². The Morgan fingerprint density at radius 1 is 0.786 bits per heavy atom. The van der Waals surface area contributed by atoms with Crippen LogP contribution in [0.2, 0.25) is 0 Å². The summed E-state index contributed by atoms with van der Waals surface area (Å²) in [7, 11) is -0.614. The molecular formula is C24H44BFO2. The standard InChI is InChI=1S/C24H44BFO2/c1-7-9-11-13-14-15-16-18-20-22(26)21(19-17-12-10-8-2)25-27-23(3,4)24(5,6)28-25/h17,19H,7-16,18,20H2,1-6H3/b19-17+,22-21-. The van der Waals surface area contributed by atoms with Gasteiger partial charge in [0.2, 0.25) is 0 Å². The zero-order valence-electron chi connectivity index (χ0n) is 19.4. The minimum atomic E-state index is -0.614. The molecule has 162 valence electrons. The normalized spacial score (nSPS) is 19.5. The third kappa shape index (κ3) is 8.41. The SMILES string of the molecule is CCCC/C=C/C(B1OC(C)(C)C(C)(C)O1)=C(/F)CCCCCCCCCC. The molecular weight excluding hydrogens is 350 g/mol. The molecule has 0 aromatic carbocycles. The molecule has 0 atom stereocenters. The predicted octanol–water partition coefficient (Wildman–Crippen LogP) is 8.12. The van der Waals surface area contributed by atoms with Crippen LogP contribution in [0.15, 0.2) is 23.5 Å². The quantitative estimate of drug-likeness (QED) is 0.168. The molecule has 0 N–H and O–H groups in total. The summed E-state index contributed by atoms with van der Waals surface area (Å²) in [5, 5.41) is 0. The second-order valence-electron chi connectivity index (χ2n) is 9.22. The van der Waals surface area contributed by atoms with Crippen LogP contribution in [0.5, 0.6) is 0 Å². The molecule has 0 unspecified atom stereocenters. The molecule has 1 aliphatic rings. The molecule has 0 bridgehead atoms. The highest BCUT2D eigenvalue weighted by Crippen LogP contribution is 2.39. The number of hydrogen-bond acceptors (Lipinski definition) is 2. The van der Waals surface area contributed by atoms with Gasteiger partial charge in [0, 0.05) is 5.47 Å². The number of hydrogen-bond donors (Lipinski definition) is 0. The lowest BCUT2D eigenvalue weighted by Gasteiger charge is -2.32. The molecule has 0 saturated carbocycles. The fourth-order valence-electron chi connectivity index (χ4n) is 3.36. The summed E-state index contributed by atoms with van der Waals surface area (Å²) in [4.78, 5) is 0. The first-order valence-corrected chi connectivity index (χ1v) is 11.7. The van der Waals surface area contributed by atoms with Crippen molar-refractivity contribution in [3.63, 3.8) is 0 Å². The molecule has 1 rings (SSSR count). The van der Waals surface area contributed by atoms with Crippen molar-refractivity contribution in [2.75, 3.05) is 0 Å². The van der Waals surface area contributed by atoms with E-state index < -0.39 is 18.3 Å². The molecule has 0 amide bonds. The molecule has 1 saturated heterocycles. The zero-order chi connectivity index (χ0) is 21.0. The average Bonchev–Trinajstić information content (AvgIpc) is 2.84. The Kier molecular flexibility index (Phi) is 11.7. The van der Waals surface area contributed by atoms with Crippen molar-refractivity contribution in [3.05, 3.63) is 23.5 Å². The summed E-state index contributed by atoms with van der Waals surface area (Å²) >= 11 is 0. The van der Waals surface area contributed by atoms with Gasteiger partial charge in [0.15, 0.2) is 0 Å². The van der Waals surface area contributed by atoms with Crippen LogP contribution < -0.4 is 0 Å². The fourth-order valence-corrected chi connectivity index (χ4v) is 3.36. The van der Waals surface area contributed by atoms with Crippen LogP contribution in [0.1, 0.15) is 119 Å². The minimum absolute atomic E-state index is 0.0720. The van der Waals surface area contributed by atoms with Gasteiger partial charge in [-0.2, -0.15) is 0 Å². The number of allylic oxidation sites excluding steroid dienone is 4. The first-order chi connectivity index (χ1) is 13.2. The average molecular weight is 394 g/mol. The lowest BCUT2D eigenvalue weighted by atomic mass is 9.76. The van der Waals surface area contributed by atoms with E-state index in [1.54, 1.807) is 0 Å². The van der Waals surface area contributed by atoms with Gasteiger partial charge < -0.3 is 9.31 Å². The van der Waals surface area contributed by atoms with Gasteiger partial charge >= 0.3 is 7.12 Å². The summed E-state index contributed by atoms with van der Waals surface area (Å²) in [6.45, 7) is 12.5. The third-order valence-corrected chi connectivity index (χ3v) is 6.09. The van der Waals surface area contributed by atoms with Gasteiger partial charge in [-0.05, 0) is 47.0 Å². The van der Waals surface area contributed by atoms with Gasteiger partial charge in [-0.3, -0.25) is 0 Å². The van der Waals surface area contributed by atoms with Crippen LogP contribution in [0, 0.1) is 0 Å². The van der Waals surface area contributed by atoms with Crippen LogP contribution in [-0.2, 0) is 9.31 Å². The van der Waals surface area contributed by atoms with Gasteiger partial charge in [0.1, 0.15) is 0 Å². The Bertz CT molecular complexity index is 481. The monoisotopic (exact) mass is 394 g/mol. The lowest BCUT2D eigenvalue weighted by Crippen LogP contribution is -2.41. The van der Waals surface area contributed by atoms with Crippen molar-refractivity contribution < 1.29 is 13.7 Å². The zero-order valence-corrected chi connectivity index (χ0v) is 19.4. The number of unbranched alkanes of at least 4 members (excludes halogenated alkanes) is 9. The van der Waals surface area contributed by atoms with E-state index in [1.807, 2.05) is 33.8 Å². The highest BCUT2D eigenvalue weighted by atomic mass is 19.1. The van der Waals surface area contributed by atoms with Gasteiger partial charge in [-0.15, -0.1) is 0 Å². The Labute approximate surface area is 174 Å². The summed E-state index contributed by atoms with van der Waals surface area (Å²) in [6, 6.07) is 0. The number of rotatable bonds is 14. The summed E-state index contributed by atoms with van der Waals surface area (Å²) < 4.78 is 27.3. The van der Waals surface area contributed by atoms with Gasteiger partial charge in [0.25, 0.3) is 0 Å².